The van der Waals surface area contributed by atoms with E-state index < -0.39 is 0 Å². The highest BCUT2D eigenvalue weighted by Gasteiger charge is 2.20. The molecule has 1 saturated heterocycles. The molecule has 0 spiro atoms. The van der Waals surface area contributed by atoms with Gasteiger partial charge in [-0.15, -0.1) is 0 Å². The molecule has 0 aromatic carbocycles. The zero-order valence-electron chi connectivity index (χ0n) is 7.29. The number of hydrogen-bond donors (Lipinski definition) is 0. The average Bonchev–Trinajstić information content (AvgIpc) is 2.09. The first-order valence-corrected chi connectivity index (χ1v) is 4.17. The molecule has 2 unspecified atom stereocenters. The fraction of sp³-hybridized carbons (Fsp3) is 0.667. The van der Waals surface area contributed by atoms with E-state index in [9.17, 15) is 4.79 Å². The predicted octanol–water partition coefficient (Wildman–Crippen LogP) is 1.28. The van der Waals surface area contributed by atoms with E-state index in [-0.39, 0.29) is 12.1 Å². The van der Waals surface area contributed by atoms with Crippen molar-refractivity contribution in [3.63, 3.8) is 0 Å². The minimum Gasteiger partial charge on any atom is -0.457 e. The van der Waals surface area contributed by atoms with E-state index in [1.54, 1.807) is 0 Å². The van der Waals surface area contributed by atoms with Gasteiger partial charge in [0.25, 0.3) is 0 Å². The molecule has 0 aliphatic carbocycles. The van der Waals surface area contributed by atoms with E-state index in [2.05, 4.69) is 6.58 Å². The van der Waals surface area contributed by atoms with Crippen molar-refractivity contribution < 1.29 is 14.3 Å². The number of esters is 1. The van der Waals surface area contributed by atoms with Gasteiger partial charge < -0.3 is 9.47 Å². The molecule has 1 heterocycles. The van der Waals surface area contributed by atoms with E-state index in [4.69, 9.17) is 9.47 Å². The fourth-order valence-electron chi connectivity index (χ4n) is 1.16. The first-order chi connectivity index (χ1) is 5.72. The lowest BCUT2D eigenvalue weighted by Gasteiger charge is -2.26. The topological polar surface area (TPSA) is 35.5 Å². The molecule has 1 aliphatic heterocycles. The molecule has 0 amide bonds. The van der Waals surface area contributed by atoms with Crippen molar-refractivity contribution in [1.29, 1.82) is 0 Å². The van der Waals surface area contributed by atoms with Crippen LogP contribution in [0, 0.1) is 0 Å². The Hall–Kier alpha value is -0.830. The molecule has 68 valence electrons. The van der Waals surface area contributed by atoms with Crippen molar-refractivity contribution in [3.8, 4) is 0 Å². The summed E-state index contributed by atoms with van der Waals surface area (Å²) in [7, 11) is 0. The maximum absolute atomic E-state index is 10.8. The second kappa shape index (κ2) is 4.26. The Labute approximate surface area is 72.4 Å². The highest BCUT2D eigenvalue weighted by atomic mass is 16.6. The molecule has 3 nitrogen and oxygen atoms in total. The molecule has 1 aliphatic rings. The maximum atomic E-state index is 10.8. The van der Waals surface area contributed by atoms with Crippen molar-refractivity contribution >= 4 is 5.97 Å². The first-order valence-electron chi connectivity index (χ1n) is 4.17. The SMILES string of the molecule is C=CC(=O)OC1CCC(C)OC1. The van der Waals surface area contributed by atoms with Crippen LogP contribution in [0.1, 0.15) is 19.8 Å². The van der Waals surface area contributed by atoms with E-state index in [0.717, 1.165) is 12.8 Å². The lowest BCUT2D eigenvalue weighted by atomic mass is 10.1. The smallest absolute Gasteiger partial charge is 0.330 e. The molecular formula is C9H14O3. The Morgan fingerprint density at radius 2 is 2.42 bits per heavy atom. The van der Waals surface area contributed by atoms with Crippen LogP contribution in [-0.4, -0.2) is 24.8 Å². The summed E-state index contributed by atoms with van der Waals surface area (Å²) in [6.45, 7) is 5.86. The lowest BCUT2D eigenvalue weighted by molar-refractivity contribution is -0.152. The van der Waals surface area contributed by atoms with Crippen LogP contribution in [0.4, 0.5) is 0 Å². The van der Waals surface area contributed by atoms with Crippen LogP contribution in [0.2, 0.25) is 0 Å². The maximum Gasteiger partial charge on any atom is 0.330 e. The van der Waals surface area contributed by atoms with Gasteiger partial charge in [-0.2, -0.15) is 0 Å². The van der Waals surface area contributed by atoms with Gasteiger partial charge in [0, 0.05) is 6.08 Å². The summed E-state index contributed by atoms with van der Waals surface area (Å²) >= 11 is 0. The van der Waals surface area contributed by atoms with Gasteiger partial charge in [-0.1, -0.05) is 6.58 Å². The quantitative estimate of drug-likeness (QED) is 0.462. The predicted molar refractivity (Wildman–Crippen MR) is 44.7 cm³/mol. The Morgan fingerprint density at radius 3 is 2.92 bits per heavy atom. The third kappa shape index (κ3) is 2.66. The van der Waals surface area contributed by atoms with Gasteiger partial charge >= 0.3 is 5.97 Å². The van der Waals surface area contributed by atoms with Gasteiger partial charge in [0.2, 0.25) is 0 Å². The van der Waals surface area contributed by atoms with Gasteiger partial charge in [-0.25, -0.2) is 4.79 Å². The molecule has 2 atom stereocenters. The van der Waals surface area contributed by atoms with Crippen molar-refractivity contribution in [1.82, 2.24) is 0 Å². The normalized spacial score (nSPS) is 29.4. The zero-order valence-corrected chi connectivity index (χ0v) is 7.29. The van der Waals surface area contributed by atoms with Gasteiger partial charge in [0.1, 0.15) is 6.10 Å². The van der Waals surface area contributed by atoms with E-state index in [1.165, 1.54) is 6.08 Å². The summed E-state index contributed by atoms with van der Waals surface area (Å²) in [5, 5.41) is 0. The second-order valence-electron chi connectivity index (χ2n) is 2.98. The van der Waals surface area contributed by atoms with Gasteiger partial charge in [-0.3, -0.25) is 0 Å². The molecule has 3 heteroatoms. The van der Waals surface area contributed by atoms with E-state index in [1.807, 2.05) is 6.92 Å². The Morgan fingerprint density at radius 1 is 1.67 bits per heavy atom. The molecule has 0 radical (unpaired) electrons. The van der Waals surface area contributed by atoms with Gasteiger partial charge in [-0.05, 0) is 19.8 Å². The molecule has 0 bridgehead atoms. The highest BCUT2D eigenvalue weighted by molar-refractivity contribution is 5.81. The number of ether oxygens (including phenoxy) is 2. The van der Waals surface area contributed by atoms with E-state index >= 15 is 0 Å². The molecule has 1 rings (SSSR count). The average molecular weight is 170 g/mol. The summed E-state index contributed by atoms with van der Waals surface area (Å²) in [6, 6.07) is 0. The number of hydrogen-bond acceptors (Lipinski definition) is 3. The van der Waals surface area contributed by atoms with Crippen LogP contribution in [0.5, 0.6) is 0 Å². The van der Waals surface area contributed by atoms with Crippen molar-refractivity contribution in [2.75, 3.05) is 6.61 Å². The Kier molecular flexibility index (Phi) is 3.29. The van der Waals surface area contributed by atoms with Crippen molar-refractivity contribution in [2.24, 2.45) is 0 Å². The van der Waals surface area contributed by atoms with Crippen LogP contribution in [0.3, 0.4) is 0 Å². The van der Waals surface area contributed by atoms with Gasteiger partial charge in [0.05, 0.1) is 12.7 Å². The molecule has 0 aromatic heterocycles. The van der Waals surface area contributed by atoms with Crippen molar-refractivity contribution in [3.05, 3.63) is 12.7 Å². The third-order valence-electron chi connectivity index (χ3n) is 1.91. The van der Waals surface area contributed by atoms with Crippen LogP contribution >= 0.6 is 0 Å². The Bertz CT molecular complexity index is 169. The van der Waals surface area contributed by atoms with Gasteiger partial charge in [0.15, 0.2) is 0 Å². The highest BCUT2D eigenvalue weighted by Crippen LogP contribution is 2.15. The summed E-state index contributed by atoms with van der Waals surface area (Å²) in [5.74, 6) is -0.363. The molecular weight excluding hydrogens is 156 g/mol. The summed E-state index contributed by atoms with van der Waals surface area (Å²) in [6.07, 6.45) is 3.24. The Balaban J connectivity index is 2.26. The minimum atomic E-state index is -0.363. The van der Waals surface area contributed by atoms with Crippen LogP contribution < -0.4 is 0 Å². The van der Waals surface area contributed by atoms with E-state index in [0.29, 0.717) is 12.7 Å². The molecule has 0 saturated carbocycles. The zero-order chi connectivity index (χ0) is 8.97. The minimum absolute atomic E-state index is 0.0771. The summed E-state index contributed by atoms with van der Waals surface area (Å²) in [4.78, 5) is 10.8. The van der Waals surface area contributed by atoms with Crippen LogP contribution in [0.25, 0.3) is 0 Å². The first kappa shape index (κ1) is 9.26. The number of carbonyl (C=O) groups excluding carboxylic acids is 1. The standard InChI is InChI=1S/C9H14O3/c1-3-9(10)12-8-5-4-7(2)11-6-8/h3,7-8H,1,4-6H2,2H3. The summed E-state index contributed by atoms with van der Waals surface area (Å²) in [5.41, 5.74) is 0. The number of carbonyl (C=O) groups is 1. The molecule has 0 aromatic rings. The number of rotatable bonds is 2. The van der Waals surface area contributed by atoms with Crippen LogP contribution in [-0.2, 0) is 14.3 Å². The molecule has 1 fully saturated rings. The van der Waals surface area contributed by atoms with Crippen molar-refractivity contribution in [2.45, 2.75) is 32.0 Å². The lowest BCUT2D eigenvalue weighted by Crippen LogP contribution is -2.31. The largest absolute Gasteiger partial charge is 0.457 e. The summed E-state index contributed by atoms with van der Waals surface area (Å²) < 4.78 is 10.3. The fourth-order valence-corrected chi connectivity index (χ4v) is 1.16. The third-order valence-corrected chi connectivity index (χ3v) is 1.91. The molecule has 0 N–H and O–H groups in total. The van der Waals surface area contributed by atoms with Crippen LogP contribution in [0.15, 0.2) is 12.7 Å². The monoisotopic (exact) mass is 170 g/mol. The molecule has 12 heavy (non-hydrogen) atoms. The second-order valence-corrected chi connectivity index (χ2v) is 2.98.